The molecular formula is C24H29N7O2. The van der Waals surface area contributed by atoms with E-state index in [0.29, 0.717) is 22.6 Å². The first-order valence-electron chi connectivity index (χ1n) is 11.4. The van der Waals surface area contributed by atoms with Crippen LogP contribution in [0.25, 0.3) is 28.0 Å². The minimum absolute atomic E-state index is 0.0269. The monoisotopic (exact) mass is 447 g/mol. The highest BCUT2D eigenvalue weighted by Gasteiger charge is 2.20. The van der Waals surface area contributed by atoms with Crippen LogP contribution in [0.2, 0.25) is 0 Å². The Kier molecular flexibility index (Phi) is 5.41. The van der Waals surface area contributed by atoms with Crippen molar-refractivity contribution in [3.63, 3.8) is 0 Å². The molecule has 2 aromatic heterocycles. The number of phenolic OH excluding ortho intramolecular Hbond substituents is 1. The Labute approximate surface area is 191 Å². The summed E-state index contributed by atoms with van der Waals surface area (Å²) in [6, 6.07) is 11.4. The van der Waals surface area contributed by atoms with Crippen molar-refractivity contribution in [3.8, 4) is 22.8 Å². The number of piperazine rings is 1. The van der Waals surface area contributed by atoms with Crippen LogP contribution in [0.1, 0.15) is 31.9 Å². The largest absolute Gasteiger partial charge is 0.507 e. The van der Waals surface area contributed by atoms with Crippen molar-refractivity contribution in [2.24, 2.45) is 0 Å². The fourth-order valence-electron chi connectivity index (χ4n) is 4.42. The molecular weight excluding hydrogens is 418 g/mol. The van der Waals surface area contributed by atoms with Crippen molar-refractivity contribution >= 4 is 16.6 Å². The lowest BCUT2D eigenvalue weighted by Gasteiger charge is -2.34. The summed E-state index contributed by atoms with van der Waals surface area (Å²) in [5.41, 5.74) is 3.64. The van der Waals surface area contributed by atoms with E-state index in [-0.39, 0.29) is 17.4 Å². The van der Waals surface area contributed by atoms with Crippen LogP contribution in [-0.4, -0.2) is 68.2 Å². The zero-order chi connectivity index (χ0) is 23.1. The van der Waals surface area contributed by atoms with E-state index in [1.807, 2.05) is 30.3 Å². The van der Waals surface area contributed by atoms with E-state index < -0.39 is 0 Å². The van der Waals surface area contributed by atoms with Crippen LogP contribution in [-0.2, 0) is 0 Å². The first-order chi connectivity index (χ1) is 16.0. The second-order valence-electron chi connectivity index (χ2n) is 8.83. The van der Waals surface area contributed by atoms with Crippen LogP contribution in [0.4, 0.5) is 5.69 Å². The van der Waals surface area contributed by atoms with Crippen LogP contribution in [0.3, 0.4) is 0 Å². The first kappa shape index (κ1) is 21.3. The van der Waals surface area contributed by atoms with Gasteiger partial charge in [-0.05, 0) is 49.7 Å². The molecule has 1 aliphatic rings. The Morgan fingerprint density at radius 1 is 1.03 bits per heavy atom. The van der Waals surface area contributed by atoms with Gasteiger partial charge in [0, 0.05) is 49.0 Å². The standard InChI is InChI=1S/C24H29N7O2/c1-4-15(2)22-18-13-19(21(32)14-20(18)25-26-22)23-27-28-24(33)31(23)17-7-5-16(6-8-17)30-11-9-29(3)10-12-30/h5-8,13-15,32H,4,9-12H2,1-3H3,(H,25,26)(H,28,33). The molecule has 1 atom stereocenters. The molecule has 1 fully saturated rings. The van der Waals surface area contributed by atoms with Gasteiger partial charge in [0.15, 0.2) is 5.82 Å². The van der Waals surface area contributed by atoms with Crippen LogP contribution in [0, 0.1) is 0 Å². The van der Waals surface area contributed by atoms with Gasteiger partial charge in [-0.1, -0.05) is 13.8 Å². The predicted molar refractivity (Wildman–Crippen MR) is 129 cm³/mol. The molecule has 1 aliphatic heterocycles. The number of nitrogens with zero attached hydrogens (tertiary/aromatic N) is 5. The zero-order valence-corrected chi connectivity index (χ0v) is 19.2. The molecule has 0 saturated carbocycles. The number of H-pyrrole nitrogens is 2. The molecule has 0 spiro atoms. The van der Waals surface area contributed by atoms with E-state index in [2.05, 4.69) is 51.1 Å². The van der Waals surface area contributed by atoms with Crippen molar-refractivity contribution in [2.75, 3.05) is 38.1 Å². The van der Waals surface area contributed by atoms with Crippen LogP contribution >= 0.6 is 0 Å². The maximum Gasteiger partial charge on any atom is 0.348 e. The third kappa shape index (κ3) is 3.78. The fraction of sp³-hybridized carbons (Fsp3) is 0.375. The maximum atomic E-state index is 12.7. The number of hydrogen-bond acceptors (Lipinski definition) is 6. The Morgan fingerprint density at radius 2 is 1.73 bits per heavy atom. The number of aromatic amines is 2. The Balaban J connectivity index is 1.54. The number of phenols is 1. The van der Waals surface area contributed by atoms with Crippen molar-refractivity contribution in [2.45, 2.75) is 26.2 Å². The molecule has 9 nitrogen and oxygen atoms in total. The third-order valence-electron chi connectivity index (χ3n) is 6.70. The fourth-order valence-corrected chi connectivity index (χ4v) is 4.42. The number of benzene rings is 2. The first-order valence-corrected chi connectivity index (χ1v) is 11.4. The molecule has 1 unspecified atom stereocenters. The molecule has 3 heterocycles. The topological polar surface area (TPSA) is 106 Å². The molecule has 3 N–H and O–H groups in total. The minimum atomic E-state index is -0.355. The van der Waals surface area contributed by atoms with Gasteiger partial charge >= 0.3 is 5.69 Å². The van der Waals surface area contributed by atoms with E-state index in [1.165, 1.54) is 4.57 Å². The van der Waals surface area contributed by atoms with Crippen LogP contribution < -0.4 is 10.6 Å². The molecule has 33 heavy (non-hydrogen) atoms. The lowest BCUT2D eigenvalue weighted by Crippen LogP contribution is -2.44. The number of fused-ring (bicyclic) bond motifs is 1. The number of rotatable bonds is 5. The second-order valence-corrected chi connectivity index (χ2v) is 8.83. The molecule has 0 radical (unpaired) electrons. The smallest absolute Gasteiger partial charge is 0.348 e. The molecule has 5 rings (SSSR count). The van der Waals surface area contributed by atoms with Gasteiger partial charge in [-0.25, -0.2) is 14.5 Å². The van der Waals surface area contributed by atoms with Crippen molar-refractivity contribution in [3.05, 3.63) is 52.6 Å². The Hall–Kier alpha value is -3.59. The summed E-state index contributed by atoms with van der Waals surface area (Å²) in [7, 11) is 2.13. The quantitative estimate of drug-likeness (QED) is 0.434. The number of aromatic nitrogens is 5. The number of aromatic hydroxyl groups is 1. The average Bonchev–Trinajstić information content (AvgIpc) is 3.41. The number of likely N-dealkylation sites (N-methyl/N-ethyl adjacent to an activating group) is 1. The van der Waals surface area contributed by atoms with Gasteiger partial charge in [0.05, 0.1) is 16.8 Å². The third-order valence-corrected chi connectivity index (χ3v) is 6.70. The van der Waals surface area contributed by atoms with Gasteiger partial charge in [0.1, 0.15) is 5.75 Å². The van der Waals surface area contributed by atoms with Crippen LogP contribution in [0.5, 0.6) is 5.75 Å². The highest BCUT2D eigenvalue weighted by atomic mass is 16.3. The molecule has 0 aliphatic carbocycles. The predicted octanol–water partition coefficient (Wildman–Crippen LogP) is 3.07. The van der Waals surface area contributed by atoms with E-state index in [4.69, 9.17) is 0 Å². The zero-order valence-electron chi connectivity index (χ0n) is 19.2. The summed E-state index contributed by atoms with van der Waals surface area (Å²) in [5.74, 6) is 0.679. The molecule has 9 heteroatoms. The van der Waals surface area contributed by atoms with E-state index >= 15 is 0 Å². The highest BCUT2D eigenvalue weighted by molar-refractivity contribution is 5.89. The van der Waals surface area contributed by atoms with Gasteiger partial charge in [0.2, 0.25) is 0 Å². The Morgan fingerprint density at radius 3 is 2.42 bits per heavy atom. The lowest BCUT2D eigenvalue weighted by atomic mass is 9.99. The Bertz CT molecular complexity index is 1330. The van der Waals surface area contributed by atoms with Crippen LogP contribution in [0.15, 0.2) is 41.2 Å². The van der Waals surface area contributed by atoms with Crippen molar-refractivity contribution in [1.82, 2.24) is 29.9 Å². The summed E-state index contributed by atoms with van der Waals surface area (Å²) in [6.45, 7) is 8.26. The molecule has 4 aromatic rings. The second kappa shape index (κ2) is 8.40. The number of nitrogens with one attached hydrogen (secondary N) is 2. The summed E-state index contributed by atoms with van der Waals surface area (Å²) < 4.78 is 1.50. The lowest BCUT2D eigenvalue weighted by molar-refractivity contribution is 0.313. The van der Waals surface area contributed by atoms with Crippen molar-refractivity contribution in [1.29, 1.82) is 0 Å². The summed E-state index contributed by atoms with van der Waals surface area (Å²) in [4.78, 5) is 17.4. The van der Waals surface area contributed by atoms with Gasteiger partial charge < -0.3 is 14.9 Å². The van der Waals surface area contributed by atoms with Gasteiger partial charge in [-0.15, -0.1) is 0 Å². The number of anilines is 1. The highest BCUT2D eigenvalue weighted by Crippen LogP contribution is 2.35. The normalized spacial score (nSPS) is 15.9. The minimum Gasteiger partial charge on any atom is -0.507 e. The van der Waals surface area contributed by atoms with E-state index in [0.717, 1.165) is 49.4 Å². The van der Waals surface area contributed by atoms with E-state index in [9.17, 15) is 9.90 Å². The molecule has 2 aromatic carbocycles. The molecule has 0 bridgehead atoms. The molecule has 1 saturated heterocycles. The molecule has 172 valence electrons. The van der Waals surface area contributed by atoms with Gasteiger partial charge in [0.25, 0.3) is 0 Å². The average molecular weight is 448 g/mol. The summed E-state index contributed by atoms with van der Waals surface area (Å²) in [6.07, 6.45) is 0.959. The van der Waals surface area contributed by atoms with Gasteiger partial charge in [-0.2, -0.15) is 10.2 Å². The number of hydrogen-bond donors (Lipinski definition) is 3. The molecule has 0 amide bonds. The summed E-state index contributed by atoms with van der Waals surface area (Å²) in [5, 5.41) is 25.9. The van der Waals surface area contributed by atoms with Crippen molar-refractivity contribution < 1.29 is 5.11 Å². The SMILES string of the molecule is CCC(C)c1[nH]nc2cc(O)c(-c3n[nH]c(=O)n3-c3ccc(N4CCN(C)CC4)cc3)cc12. The summed E-state index contributed by atoms with van der Waals surface area (Å²) >= 11 is 0. The van der Waals surface area contributed by atoms with Gasteiger partial charge in [-0.3, -0.25) is 5.10 Å². The van der Waals surface area contributed by atoms with E-state index in [1.54, 1.807) is 6.07 Å². The maximum absolute atomic E-state index is 12.7.